The summed E-state index contributed by atoms with van der Waals surface area (Å²) in [6.45, 7) is 8.18. The molecule has 25 heavy (non-hydrogen) atoms. The summed E-state index contributed by atoms with van der Waals surface area (Å²) in [6, 6.07) is 0. The van der Waals surface area contributed by atoms with Crippen LogP contribution in [-0.4, -0.2) is 43.0 Å². The molecule has 0 aromatic carbocycles. The van der Waals surface area contributed by atoms with Crippen molar-refractivity contribution in [3.8, 4) is 0 Å². The van der Waals surface area contributed by atoms with Gasteiger partial charge >= 0.3 is 5.97 Å². The Labute approximate surface area is 151 Å². The molecule has 1 aliphatic carbocycles. The van der Waals surface area contributed by atoms with Crippen molar-refractivity contribution in [2.75, 3.05) is 13.2 Å². The van der Waals surface area contributed by atoms with Crippen molar-refractivity contribution in [1.82, 2.24) is 5.32 Å². The molecule has 1 saturated carbocycles. The highest BCUT2D eigenvalue weighted by molar-refractivity contribution is 5.82. The number of esters is 1. The minimum Gasteiger partial charge on any atom is -0.462 e. The molecule has 6 nitrogen and oxygen atoms in total. The molecule has 0 aromatic rings. The quantitative estimate of drug-likeness (QED) is 0.606. The van der Waals surface area contributed by atoms with Crippen LogP contribution in [0.15, 0.2) is 0 Å². The molecule has 2 aliphatic rings. The van der Waals surface area contributed by atoms with Crippen molar-refractivity contribution >= 4 is 11.9 Å². The van der Waals surface area contributed by atoms with Gasteiger partial charge < -0.3 is 19.5 Å². The second-order valence-corrected chi connectivity index (χ2v) is 8.32. The first-order valence-electron chi connectivity index (χ1n) is 9.49. The van der Waals surface area contributed by atoms with Crippen LogP contribution in [0.4, 0.5) is 0 Å². The topological polar surface area (TPSA) is 73.9 Å². The fraction of sp³-hybridized carbons (Fsp3) is 0.895. The number of amides is 1. The van der Waals surface area contributed by atoms with Crippen LogP contribution < -0.4 is 5.32 Å². The van der Waals surface area contributed by atoms with Gasteiger partial charge in [-0.3, -0.25) is 9.59 Å². The molecule has 0 spiro atoms. The molecular formula is C19H33NO5. The maximum Gasteiger partial charge on any atom is 0.307 e. The summed E-state index contributed by atoms with van der Waals surface area (Å²) in [6.07, 6.45) is 6.24. The Hall–Kier alpha value is -1.14. The zero-order chi connectivity index (χ0) is 18.5. The van der Waals surface area contributed by atoms with Crippen LogP contribution in [0.3, 0.4) is 0 Å². The van der Waals surface area contributed by atoms with E-state index in [4.69, 9.17) is 14.2 Å². The van der Waals surface area contributed by atoms with Gasteiger partial charge in [-0.25, -0.2) is 0 Å². The highest BCUT2D eigenvalue weighted by atomic mass is 16.7. The van der Waals surface area contributed by atoms with Crippen LogP contribution in [0.5, 0.6) is 0 Å². The largest absolute Gasteiger partial charge is 0.462 e. The van der Waals surface area contributed by atoms with Crippen molar-refractivity contribution in [3.05, 3.63) is 0 Å². The Morgan fingerprint density at radius 2 is 1.72 bits per heavy atom. The van der Waals surface area contributed by atoms with E-state index >= 15 is 0 Å². The van der Waals surface area contributed by atoms with Gasteiger partial charge in [0.15, 0.2) is 5.79 Å². The first-order chi connectivity index (χ1) is 11.7. The van der Waals surface area contributed by atoms with E-state index in [2.05, 4.69) is 5.32 Å². The van der Waals surface area contributed by atoms with Gasteiger partial charge in [-0.15, -0.1) is 0 Å². The number of ether oxygens (including phenoxy) is 3. The van der Waals surface area contributed by atoms with Crippen LogP contribution in [0.2, 0.25) is 0 Å². The van der Waals surface area contributed by atoms with Gasteiger partial charge in [0.05, 0.1) is 13.0 Å². The van der Waals surface area contributed by atoms with E-state index in [1.807, 2.05) is 13.8 Å². The van der Waals surface area contributed by atoms with Gasteiger partial charge in [-0.1, -0.05) is 26.7 Å². The van der Waals surface area contributed by atoms with E-state index in [9.17, 15) is 9.59 Å². The molecule has 0 aromatic heterocycles. The molecule has 0 radical (unpaired) electrons. The van der Waals surface area contributed by atoms with Crippen molar-refractivity contribution < 1.29 is 23.8 Å². The number of nitrogens with one attached hydrogen (secondary N) is 1. The van der Waals surface area contributed by atoms with E-state index in [1.54, 1.807) is 13.8 Å². The molecule has 2 rings (SSSR count). The van der Waals surface area contributed by atoms with Gasteiger partial charge in [-0.2, -0.15) is 0 Å². The molecule has 6 heteroatoms. The normalized spacial score (nSPS) is 26.5. The van der Waals surface area contributed by atoms with Gasteiger partial charge in [-0.05, 0) is 39.5 Å². The Morgan fingerprint density at radius 1 is 1.08 bits per heavy atom. The number of carbonyl (C=O) groups excluding carboxylic acids is 2. The number of hydrogen-bond donors (Lipinski definition) is 1. The third-order valence-electron chi connectivity index (χ3n) is 4.87. The lowest BCUT2D eigenvalue weighted by Gasteiger charge is -2.44. The molecule has 1 saturated heterocycles. The lowest BCUT2D eigenvalue weighted by atomic mass is 9.85. The maximum atomic E-state index is 12.5. The minimum absolute atomic E-state index is 0.0456. The van der Waals surface area contributed by atoms with Crippen LogP contribution in [0.1, 0.15) is 72.6 Å². The lowest BCUT2D eigenvalue weighted by Crippen LogP contribution is -2.56. The monoisotopic (exact) mass is 355 g/mol. The van der Waals surface area contributed by atoms with E-state index in [0.717, 1.165) is 25.7 Å². The summed E-state index contributed by atoms with van der Waals surface area (Å²) < 4.78 is 16.9. The van der Waals surface area contributed by atoms with Gasteiger partial charge in [0.25, 0.3) is 0 Å². The molecule has 1 unspecified atom stereocenters. The molecule has 0 bridgehead atoms. The highest BCUT2D eigenvalue weighted by Crippen LogP contribution is 2.34. The molecule has 1 heterocycles. The third kappa shape index (κ3) is 6.26. The average Bonchev–Trinajstić information content (AvgIpc) is 2.78. The van der Waals surface area contributed by atoms with E-state index in [0.29, 0.717) is 6.61 Å². The number of hydrogen-bond acceptors (Lipinski definition) is 5. The molecule has 1 N–H and O–H groups in total. The molecular weight excluding hydrogens is 322 g/mol. The molecule has 1 amide bonds. The predicted octanol–water partition coefficient (Wildman–Crippen LogP) is 2.94. The van der Waals surface area contributed by atoms with Gasteiger partial charge in [0.1, 0.15) is 12.2 Å². The minimum atomic E-state index is -0.782. The van der Waals surface area contributed by atoms with Crippen molar-refractivity contribution in [1.29, 1.82) is 0 Å². The first kappa shape index (κ1) is 20.2. The Balaban J connectivity index is 1.74. The fourth-order valence-corrected chi connectivity index (χ4v) is 3.31. The zero-order valence-corrected chi connectivity index (χ0v) is 16.1. The Bertz CT molecular complexity index is 466. The summed E-state index contributed by atoms with van der Waals surface area (Å²) in [5.41, 5.74) is -0.416. The van der Waals surface area contributed by atoms with E-state index < -0.39 is 17.3 Å². The van der Waals surface area contributed by atoms with Crippen molar-refractivity contribution in [3.63, 3.8) is 0 Å². The summed E-state index contributed by atoms with van der Waals surface area (Å²) in [7, 11) is 0. The smallest absolute Gasteiger partial charge is 0.307 e. The van der Waals surface area contributed by atoms with Crippen LogP contribution in [0.25, 0.3) is 0 Å². The molecule has 2 fully saturated rings. The second-order valence-electron chi connectivity index (χ2n) is 8.32. The average molecular weight is 355 g/mol. The fourth-order valence-electron chi connectivity index (χ4n) is 3.31. The van der Waals surface area contributed by atoms with Crippen LogP contribution in [-0.2, 0) is 23.8 Å². The Morgan fingerprint density at radius 3 is 2.36 bits per heavy atom. The van der Waals surface area contributed by atoms with Crippen molar-refractivity contribution in [2.45, 2.75) is 90.6 Å². The number of carbonyl (C=O) groups is 2. The second kappa shape index (κ2) is 8.49. The van der Waals surface area contributed by atoms with Crippen LogP contribution >= 0.6 is 0 Å². The highest BCUT2D eigenvalue weighted by Gasteiger charge is 2.45. The molecule has 144 valence electrons. The third-order valence-corrected chi connectivity index (χ3v) is 4.87. The summed E-state index contributed by atoms with van der Waals surface area (Å²) >= 11 is 0. The summed E-state index contributed by atoms with van der Waals surface area (Å²) in [4.78, 5) is 24.5. The van der Waals surface area contributed by atoms with Gasteiger partial charge in [0.2, 0.25) is 5.91 Å². The van der Waals surface area contributed by atoms with Crippen molar-refractivity contribution in [2.24, 2.45) is 5.41 Å². The number of rotatable bonds is 5. The van der Waals surface area contributed by atoms with Gasteiger partial charge in [0, 0.05) is 12.0 Å². The summed E-state index contributed by atoms with van der Waals surface area (Å²) in [5, 5.41) is 2.81. The van der Waals surface area contributed by atoms with E-state index in [1.165, 1.54) is 12.8 Å². The predicted molar refractivity (Wildman–Crippen MR) is 93.9 cm³/mol. The zero-order valence-electron chi connectivity index (χ0n) is 16.1. The standard InChI is InChI=1S/C19H33NO5/c1-18(2)13-23-19(3,4)25-16(18)17(22)20-12-11-15(21)24-14-9-7-5-6-8-10-14/h14,16H,5-13H2,1-4H3,(H,20,22). The molecule has 1 atom stereocenters. The Kier molecular flexibility index (Phi) is 6.86. The summed E-state index contributed by atoms with van der Waals surface area (Å²) in [5.74, 6) is -1.22. The van der Waals surface area contributed by atoms with E-state index in [-0.39, 0.29) is 30.9 Å². The first-order valence-corrected chi connectivity index (χ1v) is 9.49. The van der Waals surface area contributed by atoms with Crippen LogP contribution in [0, 0.1) is 5.41 Å². The molecule has 1 aliphatic heterocycles. The lowest BCUT2D eigenvalue weighted by molar-refractivity contribution is -0.304. The maximum absolute atomic E-state index is 12.5. The SMILES string of the molecule is CC1(C)OCC(C)(C)C(C(=O)NCCC(=O)OC2CCCCCC2)O1.